The van der Waals surface area contributed by atoms with Crippen LogP contribution in [-0.2, 0) is 9.53 Å². The molecule has 220 valence electrons. The number of rotatable bonds is 6. The van der Waals surface area contributed by atoms with Gasteiger partial charge in [0.15, 0.2) is 0 Å². The fraction of sp³-hybridized carbons (Fsp3) is 0.467. The van der Waals surface area contributed by atoms with Crippen molar-refractivity contribution in [1.82, 2.24) is 29.5 Å². The molecule has 0 saturated carbocycles. The van der Waals surface area contributed by atoms with Crippen LogP contribution in [0.15, 0.2) is 43.0 Å². The zero-order valence-corrected chi connectivity index (χ0v) is 24.5. The van der Waals surface area contributed by atoms with Crippen molar-refractivity contribution in [3.63, 3.8) is 0 Å². The Morgan fingerprint density at radius 1 is 1.02 bits per heavy atom. The molecule has 2 saturated heterocycles. The lowest BCUT2D eigenvalue weighted by atomic mass is 10.1. The van der Waals surface area contributed by atoms with Crippen molar-refractivity contribution < 1.29 is 14.3 Å². The third-order valence-electron chi connectivity index (χ3n) is 7.47. The molecule has 2 aliphatic rings. The molecule has 12 heteroatoms. The monoisotopic (exact) mass is 571 g/mol. The van der Waals surface area contributed by atoms with E-state index in [1.807, 2.05) is 54.9 Å². The summed E-state index contributed by atoms with van der Waals surface area (Å²) in [5, 5.41) is 20.8. The molecule has 5 rings (SSSR count). The second kappa shape index (κ2) is 12.1. The maximum absolute atomic E-state index is 12.4. The van der Waals surface area contributed by atoms with E-state index in [0.29, 0.717) is 30.3 Å². The van der Waals surface area contributed by atoms with Gasteiger partial charge in [-0.1, -0.05) is 0 Å². The van der Waals surface area contributed by atoms with E-state index in [1.54, 1.807) is 30.3 Å². The van der Waals surface area contributed by atoms with Crippen LogP contribution < -0.4 is 10.6 Å². The number of carbonyl (C=O) groups excluding carboxylic acids is 2. The van der Waals surface area contributed by atoms with Crippen LogP contribution in [0.25, 0.3) is 11.1 Å². The summed E-state index contributed by atoms with van der Waals surface area (Å²) in [4.78, 5) is 36.6. The maximum atomic E-state index is 12.4. The average Bonchev–Trinajstić information content (AvgIpc) is 3.64. The van der Waals surface area contributed by atoms with Gasteiger partial charge in [-0.3, -0.25) is 9.48 Å². The van der Waals surface area contributed by atoms with Crippen molar-refractivity contribution in [3.05, 3.63) is 48.5 Å². The summed E-state index contributed by atoms with van der Waals surface area (Å²) in [7, 11) is 0. The van der Waals surface area contributed by atoms with Crippen molar-refractivity contribution in [2.45, 2.75) is 64.6 Å². The number of benzene rings is 1. The Kier molecular flexibility index (Phi) is 8.29. The molecule has 0 radical (unpaired) electrons. The van der Waals surface area contributed by atoms with E-state index in [1.165, 1.54) is 0 Å². The Balaban J connectivity index is 1.20. The standard InChI is InChI=1S/C30H37N9O3/c1-20(40)37-11-8-26(9-12-37)39-18-23(17-34-39)22-15-32-28(33-16-22)36-24-6-5-21(14-31)27(13-24)35-25-7-10-38(19-25)29(41)42-30(2,3)4/h5-6,13,15-18,25-26,35H,7-12,19H2,1-4H3,(H,32,33,36). The Morgan fingerprint density at radius 3 is 2.40 bits per heavy atom. The summed E-state index contributed by atoms with van der Waals surface area (Å²) in [5.41, 5.74) is 3.15. The summed E-state index contributed by atoms with van der Waals surface area (Å²) in [6.07, 6.45) is 9.50. The highest BCUT2D eigenvalue weighted by molar-refractivity contribution is 5.73. The first-order valence-corrected chi connectivity index (χ1v) is 14.3. The topological polar surface area (TPSA) is 141 Å². The molecule has 42 heavy (non-hydrogen) atoms. The summed E-state index contributed by atoms with van der Waals surface area (Å²) >= 11 is 0. The number of anilines is 3. The van der Waals surface area contributed by atoms with Gasteiger partial charge in [0, 0.05) is 74.5 Å². The van der Waals surface area contributed by atoms with E-state index < -0.39 is 5.60 Å². The molecule has 3 aromatic rings. The van der Waals surface area contributed by atoms with Gasteiger partial charge < -0.3 is 25.2 Å². The Labute approximate surface area is 245 Å². The molecule has 0 bridgehead atoms. The molecule has 2 N–H and O–H groups in total. The van der Waals surface area contributed by atoms with Crippen molar-refractivity contribution >= 4 is 29.3 Å². The van der Waals surface area contributed by atoms with Crippen LogP contribution in [0.4, 0.5) is 22.1 Å². The molecular weight excluding hydrogens is 534 g/mol. The number of hydrogen-bond donors (Lipinski definition) is 2. The van der Waals surface area contributed by atoms with Crippen LogP contribution in [0.5, 0.6) is 0 Å². The van der Waals surface area contributed by atoms with E-state index in [0.717, 1.165) is 49.2 Å². The van der Waals surface area contributed by atoms with Crippen LogP contribution in [0.1, 0.15) is 58.6 Å². The normalized spacial score (nSPS) is 17.5. The molecule has 12 nitrogen and oxygen atoms in total. The van der Waals surface area contributed by atoms with Gasteiger partial charge >= 0.3 is 6.09 Å². The average molecular weight is 572 g/mol. The fourth-order valence-electron chi connectivity index (χ4n) is 5.23. The highest BCUT2D eigenvalue weighted by Gasteiger charge is 2.30. The number of aromatic nitrogens is 4. The molecule has 2 aromatic heterocycles. The quantitative estimate of drug-likeness (QED) is 0.435. The Hall–Kier alpha value is -4.66. The van der Waals surface area contributed by atoms with Crippen LogP contribution in [0.3, 0.4) is 0 Å². The predicted molar refractivity (Wildman–Crippen MR) is 158 cm³/mol. The third kappa shape index (κ3) is 6.97. The number of ether oxygens (including phenoxy) is 1. The Bertz CT molecular complexity index is 1460. The van der Waals surface area contributed by atoms with Crippen molar-refractivity contribution in [1.29, 1.82) is 5.26 Å². The van der Waals surface area contributed by atoms with Gasteiger partial charge in [-0.2, -0.15) is 10.4 Å². The Morgan fingerprint density at radius 2 is 1.74 bits per heavy atom. The highest BCUT2D eigenvalue weighted by Crippen LogP contribution is 2.27. The first kappa shape index (κ1) is 28.9. The van der Waals surface area contributed by atoms with Gasteiger partial charge in [0.05, 0.1) is 23.5 Å². The van der Waals surface area contributed by atoms with Crippen molar-refractivity contribution in [2.75, 3.05) is 36.8 Å². The minimum Gasteiger partial charge on any atom is -0.444 e. The van der Waals surface area contributed by atoms with Crippen LogP contribution >= 0.6 is 0 Å². The second-order valence-corrected chi connectivity index (χ2v) is 11.8. The number of nitriles is 1. The predicted octanol–water partition coefficient (Wildman–Crippen LogP) is 4.56. The van der Waals surface area contributed by atoms with Gasteiger partial charge in [-0.15, -0.1) is 0 Å². The molecule has 2 aliphatic heterocycles. The van der Waals surface area contributed by atoms with E-state index in [4.69, 9.17) is 4.74 Å². The number of piperidine rings is 1. The van der Waals surface area contributed by atoms with E-state index in [9.17, 15) is 14.9 Å². The van der Waals surface area contributed by atoms with Gasteiger partial charge in [-0.05, 0) is 58.2 Å². The van der Waals surface area contributed by atoms with Gasteiger partial charge in [0.2, 0.25) is 11.9 Å². The number of nitrogens with zero attached hydrogens (tertiary/aromatic N) is 7. The molecule has 4 heterocycles. The summed E-state index contributed by atoms with van der Waals surface area (Å²) < 4.78 is 7.47. The lowest BCUT2D eigenvalue weighted by Crippen LogP contribution is -2.37. The number of likely N-dealkylation sites (tertiary alicyclic amines) is 2. The van der Waals surface area contributed by atoms with Gasteiger partial charge in [-0.25, -0.2) is 14.8 Å². The smallest absolute Gasteiger partial charge is 0.410 e. The highest BCUT2D eigenvalue weighted by atomic mass is 16.6. The zero-order chi connectivity index (χ0) is 29.9. The first-order valence-electron chi connectivity index (χ1n) is 14.3. The molecule has 2 fully saturated rings. The minimum absolute atomic E-state index is 0.00185. The van der Waals surface area contributed by atoms with E-state index in [2.05, 4.69) is 31.8 Å². The van der Waals surface area contributed by atoms with Crippen LogP contribution in [-0.4, -0.2) is 79.4 Å². The lowest BCUT2D eigenvalue weighted by molar-refractivity contribution is -0.130. The van der Waals surface area contributed by atoms with E-state index >= 15 is 0 Å². The van der Waals surface area contributed by atoms with Gasteiger partial charge in [0.1, 0.15) is 11.7 Å². The molecule has 2 amide bonds. The second-order valence-electron chi connectivity index (χ2n) is 11.8. The van der Waals surface area contributed by atoms with Crippen LogP contribution in [0.2, 0.25) is 0 Å². The zero-order valence-electron chi connectivity index (χ0n) is 24.5. The van der Waals surface area contributed by atoms with Gasteiger partial charge in [0.25, 0.3) is 0 Å². The largest absolute Gasteiger partial charge is 0.444 e. The number of carbonyl (C=O) groups is 2. The van der Waals surface area contributed by atoms with E-state index in [-0.39, 0.29) is 24.1 Å². The first-order chi connectivity index (χ1) is 20.1. The number of hydrogen-bond acceptors (Lipinski definition) is 9. The molecule has 1 atom stereocenters. The summed E-state index contributed by atoms with van der Waals surface area (Å²) in [6.45, 7) is 9.74. The van der Waals surface area contributed by atoms with Crippen LogP contribution in [0, 0.1) is 11.3 Å². The fourth-order valence-corrected chi connectivity index (χ4v) is 5.23. The number of amides is 2. The SMILES string of the molecule is CC(=O)N1CCC(n2cc(-c3cnc(Nc4ccc(C#N)c(NC5CCN(C(=O)OC(C)(C)C)C5)c4)nc3)cn2)CC1. The third-order valence-corrected chi connectivity index (χ3v) is 7.47. The maximum Gasteiger partial charge on any atom is 0.410 e. The lowest BCUT2D eigenvalue weighted by Gasteiger charge is -2.31. The molecular formula is C30H37N9O3. The molecule has 1 aromatic carbocycles. The van der Waals surface area contributed by atoms with Crippen molar-refractivity contribution in [2.24, 2.45) is 0 Å². The summed E-state index contributed by atoms with van der Waals surface area (Å²) in [5.74, 6) is 0.546. The summed E-state index contributed by atoms with van der Waals surface area (Å²) in [6, 6.07) is 7.90. The molecule has 0 aliphatic carbocycles. The number of nitrogens with one attached hydrogen (secondary N) is 2. The molecule has 0 spiro atoms. The minimum atomic E-state index is -0.547. The van der Waals surface area contributed by atoms with Crippen molar-refractivity contribution in [3.8, 4) is 17.2 Å². The molecule has 1 unspecified atom stereocenters.